The number of nitrogens with zero attached hydrogens (tertiary/aromatic N) is 3. The number of amides is 4. The van der Waals surface area contributed by atoms with Crippen molar-refractivity contribution >= 4 is 24.0 Å². The SMILES string of the molecule is COc1cccc(N2C[C@H](NC(=O)N3CCN(C=O)CC3)CC2=O)c1. The van der Waals surface area contributed by atoms with Gasteiger partial charge in [0.2, 0.25) is 12.3 Å². The van der Waals surface area contributed by atoms with E-state index in [9.17, 15) is 14.4 Å². The molecule has 0 radical (unpaired) electrons. The Bertz CT molecular complexity index is 658. The summed E-state index contributed by atoms with van der Waals surface area (Å²) in [6.07, 6.45) is 1.08. The van der Waals surface area contributed by atoms with Crippen LogP contribution in [-0.2, 0) is 9.59 Å². The molecule has 1 atom stereocenters. The molecule has 2 heterocycles. The zero-order valence-corrected chi connectivity index (χ0v) is 14.2. The minimum Gasteiger partial charge on any atom is -0.497 e. The van der Waals surface area contributed by atoms with Gasteiger partial charge in [-0.1, -0.05) is 6.07 Å². The third kappa shape index (κ3) is 3.84. The highest BCUT2D eigenvalue weighted by Gasteiger charge is 2.33. The monoisotopic (exact) mass is 346 g/mol. The Morgan fingerprint density at radius 3 is 2.72 bits per heavy atom. The lowest BCUT2D eigenvalue weighted by molar-refractivity contribution is -0.119. The van der Waals surface area contributed by atoms with Crippen LogP contribution in [0.25, 0.3) is 0 Å². The van der Waals surface area contributed by atoms with Crippen molar-refractivity contribution in [2.45, 2.75) is 12.5 Å². The number of methoxy groups -OCH3 is 1. The zero-order valence-electron chi connectivity index (χ0n) is 14.2. The van der Waals surface area contributed by atoms with Crippen LogP contribution in [0, 0.1) is 0 Å². The van der Waals surface area contributed by atoms with Gasteiger partial charge in [-0.25, -0.2) is 4.79 Å². The molecule has 4 amide bonds. The second-order valence-corrected chi connectivity index (χ2v) is 6.18. The van der Waals surface area contributed by atoms with Crippen molar-refractivity contribution in [3.8, 4) is 5.75 Å². The number of hydrogen-bond acceptors (Lipinski definition) is 4. The maximum atomic E-state index is 12.4. The summed E-state index contributed by atoms with van der Waals surface area (Å²) in [5.41, 5.74) is 0.765. The second kappa shape index (κ2) is 7.42. The van der Waals surface area contributed by atoms with Crippen molar-refractivity contribution in [1.82, 2.24) is 15.1 Å². The van der Waals surface area contributed by atoms with Crippen molar-refractivity contribution in [3.05, 3.63) is 24.3 Å². The summed E-state index contributed by atoms with van der Waals surface area (Å²) in [6.45, 7) is 2.52. The predicted octanol–water partition coefficient (Wildman–Crippen LogP) is 0.284. The molecule has 1 aromatic rings. The number of piperazine rings is 1. The molecule has 8 nitrogen and oxygen atoms in total. The topological polar surface area (TPSA) is 82.2 Å². The largest absolute Gasteiger partial charge is 0.497 e. The van der Waals surface area contributed by atoms with E-state index in [1.54, 1.807) is 27.9 Å². The summed E-state index contributed by atoms with van der Waals surface area (Å²) in [4.78, 5) is 40.4. The van der Waals surface area contributed by atoms with Gasteiger partial charge >= 0.3 is 6.03 Å². The van der Waals surface area contributed by atoms with Crippen molar-refractivity contribution in [2.24, 2.45) is 0 Å². The standard InChI is InChI=1S/C17H22N4O4/c1-25-15-4-2-3-14(10-15)21-11-13(9-16(21)23)18-17(24)20-7-5-19(12-22)6-8-20/h2-4,10,12-13H,5-9,11H2,1H3,(H,18,24)/t13-/m1/s1. The maximum Gasteiger partial charge on any atom is 0.317 e. The van der Waals surface area contributed by atoms with Gasteiger partial charge in [0.1, 0.15) is 5.75 Å². The highest BCUT2D eigenvalue weighted by Crippen LogP contribution is 2.25. The van der Waals surface area contributed by atoms with Crippen LogP contribution >= 0.6 is 0 Å². The highest BCUT2D eigenvalue weighted by molar-refractivity contribution is 5.97. The summed E-state index contributed by atoms with van der Waals surface area (Å²) in [6, 6.07) is 6.90. The van der Waals surface area contributed by atoms with Crippen molar-refractivity contribution in [1.29, 1.82) is 0 Å². The Balaban J connectivity index is 1.57. The molecule has 0 spiro atoms. The quantitative estimate of drug-likeness (QED) is 0.794. The number of hydrogen-bond donors (Lipinski definition) is 1. The van der Waals surface area contributed by atoms with E-state index in [1.165, 1.54) is 0 Å². The van der Waals surface area contributed by atoms with Crippen LogP contribution in [0.4, 0.5) is 10.5 Å². The number of carbonyl (C=O) groups is 3. The molecule has 3 rings (SSSR count). The van der Waals surface area contributed by atoms with Crippen molar-refractivity contribution in [2.75, 3.05) is 44.7 Å². The van der Waals surface area contributed by atoms with Gasteiger partial charge < -0.3 is 24.8 Å². The molecular formula is C17H22N4O4. The smallest absolute Gasteiger partial charge is 0.317 e. The Kier molecular flexibility index (Phi) is 5.06. The third-order valence-corrected chi connectivity index (χ3v) is 4.57. The normalized spacial score (nSPS) is 20.6. The van der Waals surface area contributed by atoms with Crippen LogP contribution in [0.5, 0.6) is 5.75 Å². The number of benzene rings is 1. The first-order valence-electron chi connectivity index (χ1n) is 8.30. The summed E-state index contributed by atoms with van der Waals surface area (Å²) < 4.78 is 5.20. The Labute approximate surface area is 146 Å². The van der Waals surface area contributed by atoms with E-state index in [0.29, 0.717) is 38.5 Å². The second-order valence-electron chi connectivity index (χ2n) is 6.18. The van der Waals surface area contributed by atoms with Crippen LogP contribution in [0.15, 0.2) is 24.3 Å². The fourth-order valence-electron chi connectivity index (χ4n) is 3.13. The van der Waals surface area contributed by atoms with E-state index < -0.39 is 0 Å². The van der Waals surface area contributed by atoms with Gasteiger partial charge in [-0.3, -0.25) is 9.59 Å². The van der Waals surface area contributed by atoms with Gasteiger partial charge in [-0.05, 0) is 12.1 Å². The predicted molar refractivity (Wildman–Crippen MR) is 91.5 cm³/mol. The average Bonchev–Trinajstić information content (AvgIpc) is 3.02. The number of urea groups is 1. The number of carbonyl (C=O) groups excluding carboxylic acids is 3. The molecule has 1 aromatic carbocycles. The van der Waals surface area contributed by atoms with E-state index >= 15 is 0 Å². The van der Waals surface area contributed by atoms with Gasteiger partial charge in [0.25, 0.3) is 0 Å². The molecule has 2 aliphatic heterocycles. The molecule has 134 valence electrons. The number of nitrogens with one attached hydrogen (secondary N) is 1. The summed E-state index contributed by atoms with van der Waals surface area (Å²) in [5.74, 6) is 0.662. The Hall–Kier alpha value is -2.77. The Morgan fingerprint density at radius 2 is 2.04 bits per heavy atom. The first kappa shape index (κ1) is 17.1. The molecule has 2 fully saturated rings. The molecule has 1 N–H and O–H groups in total. The fraction of sp³-hybridized carbons (Fsp3) is 0.471. The zero-order chi connectivity index (χ0) is 17.8. The average molecular weight is 346 g/mol. The minimum absolute atomic E-state index is 0.0238. The lowest BCUT2D eigenvalue weighted by Gasteiger charge is -2.33. The molecule has 2 aliphatic rings. The fourth-order valence-corrected chi connectivity index (χ4v) is 3.13. The van der Waals surface area contributed by atoms with E-state index in [-0.39, 0.29) is 24.4 Å². The van der Waals surface area contributed by atoms with Crippen LogP contribution in [-0.4, -0.2) is 74.0 Å². The molecule has 0 aromatic heterocycles. The molecule has 0 saturated carbocycles. The first-order valence-corrected chi connectivity index (χ1v) is 8.30. The summed E-state index contributed by atoms with van der Waals surface area (Å²) >= 11 is 0. The molecule has 25 heavy (non-hydrogen) atoms. The van der Waals surface area contributed by atoms with Gasteiger partial charge in [0.05, 0.1) is 13.2 Å². The lowest BCUT2D eigenvalue weighted by atomic mass is 10.2. The van der Waals surface area contributed by atoms with Crippen LogP contribution in [0.3, 0.4) is 0 Å². The van der Waals surface area contributed by atoms with Gasteiger partial charge in [0.15, 0.2) is 0 Å². The third-order valence-electron chi connectivity index (χ3n) is 4.57. The molecular weight excluding hydrogens is 324 g/mol. The first-order chi connectivity index (χ1) is 12.1. The number of ether oxygens (including phenoxy) is 1. The van der Waals surface area contributed by atoms with Crippen molar-refractivity contribution < 1.29 is 19.1 Å². The van der Waals surface area contributed by atoms with E-state index in [2.05, 4.69) is 5.32 Å². The number of anilines is 1. The lowest BCUT2D eigenvalue weighted by Crippen LogP contribution is -2.53. The molecule has 2 saturated heterocycles. The maximum absolute atomic E-state index is 12.4. The summed E-state index contributed by atoms with van der Waals surface area (Å²) in [7, 11) is 1.58. The van der Waals surface area contributed by atoms with Crippen molar-refractivity contribution in [3.63, 3.8) is 0 Å². The molecule has 8 heteroatoms. The van der Waals surface area contributed by atoms with Gasteiger partial charge in [0, 0.05) is 50.9 Å². The van der Waals surface area contributed by atoms with E-state index in [0.717, 1.165) is 12.1 Å². The van der Waals surface area contributed by atoms with Crippen LogP contribution < -0.4 is 15.0 Å². The van der Waals surface area contributed by atoms with Gasteiger partial charge in [-0.15, -0.1) is 0 Å². The molecule has 0 aliphatic carbocycles. The number of rotatable bonds is 4. The van der Waals surface area contributed by atoms with E-state index in [4.69, 9.17) is 4.74 Å². The molecule has 0 bridgehead atoms. The summed E-state index contributed by atoms with van der Waals surface area (Å²) in [5, 5.41) is 2.93. The van der Waals surface area contributed by atoms with Crippen LogP contribution in [0.2, 0.25) is 0 Å². The minimum atomic E-state index is -0.227. The molecule has 0 unspecified atom stereocenters. The van der Waals surface area contributed by atoms with E-state index in [1.807, 2.05) is 18.2 Å². The Morgan fingerprint density at radius 1 is 1.28 bits per heavy atom. The van der Waals surface area contributed by atoms with Crippen LogP contribution in [0.1, 0.15) is 6.42 Å². The van der Waals surface area contributed by atoms with Gasteiger partial charge in [-0.2, -0.15) is 0 Å². The highest BCUT2D eigenvalue weighted by atomic mass is 16.5.